The van der Waals surface area contributed by atoms with Crippen molar-refractivity contribution in [1.29, 1.82) is 0 Å². The molecule has 18 heavy (non-hydrogen) atoms. The summed E-state index contributed by atoms with van der Waals surface area (Å²) in [4.78, 5) is 4.54. The zero-order chi connectivity index (χ0) is 12.8. The predicted molar refractivity (Wildman–Crippen MR) is 71.3 cm³/mol. The highest BCUT2D eigenvalue weighted by Gasteiger charge is 2.19. The molecule has 4 heteroatoms. The largest absolute Gasteiger partial charge is 0.339 e. The van der Waals surface area contributed by atoms with E-state index >= 15 is 0 Å². The van der Waals surface area contributed by atoms with Crippen LogP contribution in [0, 0.1) is 0 Å². The summed E-state index contributed by atoms with van der Waals surface area (Å²) >= 11 is 0. The van der Waals surface area contributed by atoms with Crippen molar-refractivity contribution in [2.75, 3.05) is 0 Å². The van der Waals surface area contributed by atoms with Gasteiger partial charge in [0, 0.05) is 12.0 Å². The molecule has 0 unspecified atom stereocenters. The lowest BCUT2D eigenvalue weighted by atomic mass is 9.91. The van der Waals surface area contributed by atoms with Gasteiger partial charge in [0.25, 0.3) is 0 Å². The Labute approximate surface area is 110 Å². The summed E-state index contributed by atoms with van der Waals surface area (Å²) in [6.45, 7) is 4.94. The Morgan fingerprint density at radius 2 is 1.83 bits per heavy atom. The lowest BCUT2D eigenvalue weighted by molar-refractivity contribution is 0.320. The number of nitrogens with zero attached hydrogens (tertiary/aromatic N) is 2. The third-order valence-corrected chi connectivity index (χ3v) is 3.61. The maximum Gasteiger partial charge on any atom is 0.229 e. The fourth-order valence-electron chi connectivity index (χ4n) is 2.50. The van der Waals surface area contributed by atoms with Gasteiger partial charge in [-0.2, -0.15) is 4.98 Å². The van der Waals surface area contributed by atoms with Crippen LogP contribution in [-0.2, 0) is 6.54 Å². The lowest BCUT2D eigenvalue weighted by Gasteiger charge is -2.15. The van der Waals surface area contributed by atoms with E-state index in [2.05, 4.69) is 29.3 Å². The van der Waals surface area contributed by atoms with E-state index in [4.69, 9.17) is 4.52 Å². The van der Waals surface area contributed by atoms with Gasteiger partial charge in [-0.05, 0) is 12.8 Å². The molecule has 0 bridgehead atoms. The average Bonchev–Trinajstić information content (AvgIpc) is 2.74. The van der Waals surface area contributed by atoms with Gasteiger partial charge >= 0.3 is 0 Å². The molecule has 1 aromatic rings. The molecule has 2 rings (SSSR count). The van der Waals surface area contributed by atoms with Gasteiger partial charge in [0.1, 0.15) is 0 Å². The molecule has 0 saturated heterocycles. The highest BCUT2D eigenvalue weighted by atomic mass is 16.5. The van der Waals surface area contributed by atoms with Crippen molar-refractivity contribution < 1.29 is 4.52 Å². The molecule has 0 atom stereocenters. The fraction of sp³-hybridized carbons (Fsp3) is 0.857. The second-order valence-corrected chi connectivity index (χ2v) is 5.63. The monoisotopic (exact) mass is 251 g/mol. The van der Waals surface area contributed by atoms with Crippen LogP contribution in [0.2, 0.25) is 0 Å². The Hall–Kier alpha value is -0.900. The van der Waals surface area contributed by atoms with E-state index in [0.29, 0.717) is 18.5 Å². The van der Waals surface area contributed by atoms with Crippen LogP contribution in [-0.4, -0.2) is 16.2 Å². The van der Waals surface area contributed by atoms with Crippen LogP contribution < -0.4 is 5.32 Å². The molecule has 0 radical (unpaired) electrons. The third-order valence-electron chi connectivity index (χ3n) is 3.61. The first-order chi connectivity index (χ1) is 8.75. The van der Waals surface area contributed by atoms with Gasteiger partial charge in [0.05, 0.1) is 6.54 Å². The number of hydrogen-bond donors (Lipinski definition) is 1. The van der Waals surface area contributed by atoms with Gasteiger partial charge in [-0.1, -0.05) is 51.1 Å². The van der Waals surface area contributed by atoms with E-state index in [0.717, 1.165) is 11.7 Å². The highest BCUT2D eigenvalue weighted by Crippen LogP contribution is 2.29. The van der Waals surface area contributed by atoms with Crippen LogP contribution in [0.5, 0.6) is 0 Å². The summed E-state index contributed by atoms with van der Waals surface area (Å²) in [5.41, 5.74) is 0. The van der Waals surface area contributed by atoms with Crippen molar-refractivity contribution in [3.63, 3.8) is 0 Å². The fourth-order valence-corrected chi connectivity index (χ4v) is 2.50. The van der Waals surface area contributed by atoms with Gasteiger partial charge in [-0.15, -0.1) is 0 Å². The summed E-state index contributed by atoms with van der Waals surface area (Å²) in [6, 6.07) is 0.452. The minimum absolute atomic E-state index is 0.452. The van der Waals surface area contributed by atoms with E-state index in [-0.39, 0.29) is 0 Å². The number of hydrogen-bond acceptors (Lipinski definition) is 4. The molecule has 102 valence electrons. The molecule has 0 amide bonds. The lowest BCUT2D eigenvalue weighted by Crippen LogP contribution is -2.22. The SMILES string of the molecule is CC(C)NCc1noc(C2CCCCCCC2)n1. The Balaban J connectivity index is 1.90. The zero-order valence-corrected chi connectivity index (χ0v) is 11.6. The summed E-state index contributed by atoms with van der Waals surface area (Å²) in [6.07, 6.45) is 9.11. The Kier molecular flexibility index (Phi) is 5.17. The van der Waals surface area contributed by atoms with E-state index in [1.165, 1.54) is 44.9 Å². The van der Waals surface area contributed by atoms with Gasteiger partial charge in [-0.3, -0.25) is 0 Å². The number of rotatable bonds is 4. The van der Waals surface area contributed by atoms with Crippen molar-refractivity contribution in [3.05, 3.63) is 11.7 Å². The smallest absolute Gasteiger partial charge is 0.229 e. The molecule has 1 N–H and O–H groups in total. The topological polar surface area (TPSA) is 51.0 Å². The van der Waals surface area contributed by atoms with Crippen LogP contribution >= 0.6 is 0 Å². The second-order valence-electron chi connectivity index (χ2n) is 5.63. The molecule has 0 spiro atoms. The molecule has 4 nitrogen and oxygen atoms in total. The number of nitrogens with one attached hydrogen (secondary N) is 1. The standard InChI is InChI=1S/C14H25N3O/c1-11(2)15-10-13-16-14(18-17-13)12-8-6-4-3-5-7-9-12/h11-12,15H,3-10H2,1-2H3. The molecule has 1 saturated carbocycles. The summed E-state index contributed by atoms with van der Waals surface area (Å²) in [7, 11) is 0. The van der Waals surface area contributed by atoms with Gasteiger partial charge in [0.2, 0.25) is 5.89 Å². The quantitative estimate of drug-likeness (QED) is 0.891. The highest BCUT2D eigenvalue weighted by molar-refractivity contribution is 4.94. The van der Waals surface area contributed by atoms with Gasteiger partial charge < -0.3 is 9.84 Å². The Morgan fingerprint density at radius 1 is 1.17 bits per heavy atom. The Bertz CT molecular complexity index is 341. The molecule has 1 aliphatic carbocycles. The summed E-state index contributed by atoms with van der Waals surface area (Å²) in [5, 5.41) is 7.38. The van der Waals surface area contributed by atoms with E-state index < -0.39 is 0 Å². The van der Waals surface area contributed by atoms with Crippen LogP contribution in [0.4, 0.5) is 0 Å². The molecular formula is C14H25N3O. The average molecular weight is 251 g/mol. The molecule has 0 aliphatic heterocycles. The first-order valence-corrected chi connectivity index (χ1v) is 7.31. The normalized spacial score (nSPS) is 18.8. The maximum absolute atomic E-state index is 5.43. The van der Waals surface area contributed by atoms with Crippen LogP contribution in [0.15, 0.2) is 4.52 Å². The van der Waals surface area contributed by atoms with Crippen molar-refractivity contribution >= 4 is 0 Å². The summed E-state index contributed by atoms with van der Waals surface area (Å²) in [5.74, 6) is 2.14. The maximum atomic E-state index is 5.43. The van der Waals surface area contributed by atoms with Gasteiger partial charge in [0.15, 0.2) is 5.82 Å². The minimum atomic E-state index is 0.452. The van der Waals surface area contributed by atoms with Crippen LogP contribution in [0.1, 0.15) is 76.4 Å². The summed E-state index contributed by atoms with van der Waals surface area (Å²) < 4.78 is 5.43. The van der Waals surface area contributed by atoms with E-state index in [1.54, 1.807) is 0 Å². The third kappa shape index (κ3) is 4.09. The first-order valence-electron chi connectivity index (χ1n) is 7.31. The first kappa shape index (κ1) is 13.5. The zero-order valence-electron chi connectivity index (χ0n) is 11.6. The molecule has 1 aromatic heterocycles. The minimum Gasteiger partial charge on any atom is -0.339 e. The predicted octanol–water partition coefficient (Wildman–Crippen LogP) is 3.40. The van der Waals surface area contributed by atoms with Crippen LogP contribution in [0.25, 0.3) is 0 Å². The van der Waals surface area contributed by atoms with Crippen molar-refractivity contribution in [2.24, 2.45) is 0 Å². The Morgan fingerprint density at radius 3 is 2.50 bits per heavy atom. The van der Waals surface area contributed by atoms with E-state index in [9.17, 15) is 0 Å². The van der Waals surface area contributed by atoms with Crippen molar-refractivity contribution in [1.82, 2.24) is 15.5 Å². The van der Waals surface area contributed by atoms with E-state index in [1.807, 2.05) is 0 Å². The molecular weight excluding hydrogens is 226 g/mol. The van der Waals surface area contributed by atoms with Crippen molar-refractivity contribution in [2.45, 2.75) is 77.3 Å². The van der Waals surface area contributed by atoms with Crippen LogP contribution in [0.3, 0.4) is 0 Å². The molecule has 1 heterocycles. The van der Waals surface area contributed by atoms with Gasteiger partial charge in [-0.25, -0.2) is 0 Å². The molecule has 0 aromatic carbocycles. The second kappa shape index (κ2) is 6.88. The molecule has 1 aliphatic rings. The number of aromatic nitrogens is 2. The molecule has 1 fully saturated rings. The van der Waals surface area contributed by atoms with Crippen molar-refractivity contribution in [3.8, 4) is 0 Å².